The van der Waals surface area contributed by atoms with Gasteiger partial charge in [0.25, 0.3) is 0 Å². The van der Waals surface area contributed by atoms with Crippen molar-refractivity contribution in [3.05, 3.63) is 35.4 Å². The molecule has 0 bridgehead atoms. The minimum atomic E-state index is -3.49. The van der Waals surface area contributed by atoms with E-state index in [1.807, 2.05) is 25.1 Å². The summed E-state index contributed by atoms with van der Waals surface area (Å²) in [6.45, 7) is 4.99. The first-order valence-corrected chi connectivity index (χ1v) is 6.88. The molecule has 0 spiro atoms. The zero-order valence-corrected chi connectivity index (χ0v) is 11.0. The molecule has 5 heteroatoms. The van der Waals surface area contributed by atoms with Crippen molar-refractivity contribution >= 4 is 10.0 Å². The Labute approximate surface area is 102 Å². The van der Waals surface area contributed by atoms with Gasteiger partial charge < -0.3 is 0 Å². The van der Waals surface area contributed by atoms with Crippen LogP contribution < -0.4 is 4.72 Å². The van der Waals surface area contributed by atoms with Crippen molar-refractivity contribution in [2.45, 2.75) is 32.1 Å². The monoisotopic (exact) mass is 252 g/mol. The molecule has 0 fully saturated rings. The van der Waals surface area contributed by atoms with Crippen LogP contribution >= 0.6 is 0 Å². The van der Waals surface area contributed by atoms with E-state index in [0.717, 1.165) is 5.56 Å². The van der Waals surface area contributed by atoms with Crippen molar-refractivity contribution in [2.75, 3.05) is 0 Å². The molecule has 0 heterocycles. The highest BCUT2D eigenvalue weighted by Crippen LogP contribution is 2.10. The zero-order valence-electron chi connectivity index (χ0n) is 10.2. The Kier molecular flexibility index (Phi) is 3.91. The molecule has 0 amide bonds. The highest BCUT2D eigenvalue weighted by atomic mass is 32.2. The molecule has 0 aliphatic rings. The summed E-state index contributed by atoms with van der Waals surface area (Å²) in [6.07, 6.45) is 0. The highest BCUT2D eigenvalue weighted by molar-refractivity contribution is 7.88. The molecule has 0 saturated carbocycles. The Morgan fingerprint density at radius 2 is 1.82 bits per heavy atom. The van der Waals surface area contributed by atoms with Crippen LogP contribution in [-0.4, -0.2) is 14.0 Å². The number of nitrogens with one attached hydrogen (secondary N) is 1. The predicted molar refractivity (Wildman–Crippen MR) is 66.6 cm³/mol. The van der Waals surface area contributed by atoms with Gasteiger partial charge in [0.1, 0.15) is 5.54 Å². The first-order valence-electron chi connectivity index (χ1n) is 5.22. The molecule has 0 unspecified atom stereocenters. The van der Waals surface area contributed by atoms with Crippen LogP contribution in [0.5, 0.6) is 0 Å². The van der Waals surface area contributed by atoms with Gasteiger partial charge in [0.05, 0.1) is 11.8 Å². The van der Waals surface area contributed by atoms with E-state index in [0.29, 0.717) is 5.56 Å². The molecule has 0 aromatic heterocycles. The van der Waals surface area contributed by atoms with Crippen molar-refractivity contribution in [1.82, 2.24) is 4.72 Å². The van der Waals surface area contributed by atoms with Crippen molar-refractivity contribution < 1.29 is 8.42 Å². The maximum Gasteiger partial charge on any atom is 0.217 e. The Hall–Kier alpha value is -1.38. The van der Waals surface area contributed by atoms with Gasteiger partial charge in [-0.15, -0.1) is 0 Å². The van der Waals surface area contributed by atoms with E-state index < -0.39 is 15.6 Å². The lowest BCUT2D eigenvalue weighted by Gasteiger charge is -2.17. The van der Waals surface area contributed by atoms with Crippen LogP contribution in [0.1, 0.15) is 25.0 Å². The molecule has 0 atom stereocenters. The lowest BCUT2D eigenvalue weighted by Crippen LogP contribution is -2.42. The lowest BCUT2D eigenvalue weighted by atomic mass is 10.1. The van der Waals surface area contributed by atoms with Crippen LogP contribution in [0.3, 0.4) is 0 Å². The van der Waals surface area contributed by atoms with Crippen molar-refractivity contribution in [2.24, 2.45) is 0 Å². The number of benzene rings is 1. The second-order valence-electron chi connectivity index (χ2n) is 4.58. The molecule has 0 radical (unpaired) electrons. The average Bonchev–Trinajstić information content (AvgIpc) is 2.20. The summed E-state index contributed by atoms with van der Waals surface area (Å²) in [5.74, 6) is -0.113. The van der Waals surface area contributed by atoms with Crippen LogP contribution in [0, 0.1) is 18.3 Å². The second-order valence-corrected chi connectivity index (χ2v) is 6.31. The summed E-state index contributed by atoms with van der Waals surface area (Å²) < 4.78 is 26.0. The van der Waals surface area contributed by atoms with E-state index in [1.165, 1.54) is 13.8 Å². The van der Waals surface area contributed by atoms with Crippen LogP contribution in [0.4, 0.5) is 0 Å². The third-order valence-electron chi connectivity index (χ3n) is 2.17. The molecule has 4 nitrogen and oxygen atoms in total. The van der Waals surface area contributed by atoms with Crippen molar-refractivity contribution in [1.29, 1.82) is 5.26 Å². The summed E-state index contributed by atoms with van der Waals surface area (Å²) in [6, 6.07) is 9.17. The normalized spacial score (nSPS) is 12.1. The van der Waals surface area contributed by atoms with Gasteiger partial charge in [-0.25, -0.2) is 8.42 Å². The van der Waals surface area contributed by atoms with E-state index in [4.69, 9.17) is 5.26 Å². The Morgan fingerprint density at radius 1 is 1.29 bits per heavy atom. The third-order valence-corrected chi connectivity index (χ3v) is 3.70. The first kappa shape index (κ1) is 13.7. The number of hydrogen-bond acceptors (Lipinski definition) is 3. The number of aryl methyl sites for hydroxylation is 1. The number of rotatable bonds is 4. The Balaban J connectivity index is 2.81. The molecule has 0 aliphatic heterocycles. The molecule has 17 heavy (non-hydrogen) atoms. The molecule has 1 aromatic rings. The smallest absolute Gasteiger partial charge is 0.212 e. The minimum Gasteiger partial charge on any atom is -0.212 e. The molecular weight excluding hydrogens is 236 g/mol. The van der Waals surface area contributed by atoms with E-state index >= 15 is 0 Å². The van der Waals surface area contributed by atoms with Gasteiger partial charge >= 0.3 is 0 Å². The first-order chi connectivity index (χ1) is 7.74. The average molecular weight is 252 g/mol. The van der Waals surface area contributed by atoms with Gasteiger partial charge in [-0.05, 0) is 26.3 Å². The predicted octanol–water partition coefficient (Wildman–Crippen LogP) is 1.72. The van der Waals surface area contributed by atoms with E-state index in [1.54, 1.807) is 12.1 Å². The molecule has 1 N–H and O–H groups in total. The summed E-state index contributed by atoms with van der Waals surface area (Å²) in [5, 5.41) is 8.78. The topological polar surface area (TPSA) is 70.0 Å². The van der Waals surface area contributed by atoms with Gasteiger partial charge in [0.15, 0.2) is 0 Å². The second kappa shape index (κ2) is 4.86. The number of sulfonamides is 1. The van der Waals surface area contributed by atoms with E-state index in [2.05, 4.69) is 4.72 Å². The highest BCUT2D eigenvalue weighted by Gasteiger charge is 2.24. The molecule has 1 rings (SSSR count). The SMILES string of the molecule is Cc1ccc(CS(=O)(=O)NC(C)(C)C#N)cc1. The summed E-state index contributed by atoms with van der Waals surface area (Å²) in [5.41, 5.74) is 0.706. The maximum atomic E-state index is 11.8. The van der Waals surface area contributed by atoms with Crippen molar-refractivity contribution in [3.8, 4) is 6.07 Å². The molecule has 1 aromatic carbocycles. The van der Waals surface area contributed by atoms with E-state index in [9.17, 15) is 8.42 Å². The van der Waals surface area contributed by atoms with Gasteiger partial charge in [-0.1, -0.05) is 29.8 Å². The Morgan fingerprint density at radius 3 is 2.29 bits per heavy atom. The largest absolute Gasteiger partial charge is 0.217 e. The third kappa shape index (κ3) is 4.55. The summed E-state index contributed by atoms with van der Waals surface area (Å²) >= 11 is 0. The molecule has 0 aliphatic carbocycles. The number of nitrogens with zero attached hydrogens (tertiary/aromatic N) is 1. The van der Waals surface area contributed by atoms with E-state index in [-0.39, 0.29) is 5.75 Å². The van der Waals surface area contributed by atoms with Gasteiger partial charge in [0, 0.05) is 0 Å². The van der Waals surface area contributed by atoms with Crippen LogP contribution in [-0.2, 0) is 15.8 Å². The minimum absolute atomic E-state index is 0.113. The Bertz CT molecular complexity index is 525. The van der Waals surface area contributed by atoms with Gasteiger partial charge in [-0.2, -0.15) is 9.98 Å². The molecule has 0 saturated heterocycles. The fraction of sp³-hybridized carbons (Fsp3) is 0.417. The maximum absolute atomic E-state index is 11.8. The molecule has 92 valence electrons. The number of hydrogen-bond donors (Lipinski definition) is 1. The quantitative estimate of drug-likeness (QED) is 0.887. The van der Waals surface area contributed by atoms with Crippen LogP contribution in [0.25, 0.3) is 0 Å². The fourth-order valence-electron chi connectivity index (χ4n) is 1.35. The molecular formula is C12H16N2O2S. The standard InChI is InChI=1S/C12H16N2O2S/c1-10-4-6-11(7-5-10)8-17(15,16)14-12(2,3)9-13/h4-7,14H,8H2,1-3H3. The lowest BCUT2D eigenvalue weighted by molar-refractivity contribution is 0.535. The van der Waals surface area contributed by atoms with Crippen LogP contribution in [0.15, 0.2) is 24.3 Å². The zero-order chi connectivity index (χ0) is 13.1. The fourth-order valence-corrected chi connectivity index (χ4v) is 2.88. The van der Waals surface area contributed by atoms with Gasteiger partial charge in [0.2, 0.25) is 10.0 Å². The van der Waals surface area contributed by atoms with Crippen molar-refractivity contribution in [3.63, 3.8) is 0 Å². The van der Waals surface area contributed by atoms with Gasteiger partial charge in [-0.3, -0.25) is 0 Å². The summed E-state index contributed by atoms with van der Waals surface area (Å²) in [4.78, 5) is 0. The number of nitriles is 1. The summed E-state index contributed by atoms with van der Waals surface area (Å²) in [7, 11) is -3.49. The van der Waals surface area contributed by atoms with Crippen LogP contribution in [0.2, 0.25) is 0 Å².